The molecule has 0 saturated carbocycles. The van der Waals surface area contributed by atoms with E-state index in [-0.39, 0.29) is 17.5 Å². The number of nitrogens with one attached hydrogen (secondary N) is 2. The molecule has 1 saturated heterocycles. The minimum Gasteiger partial charge on any atom is -0.352 e. The summed E-state index contributed by atoms with van der Waals surface area (Å²) in [6.07, 6.45) is 5.42. The zero-order chi connectivity index (χ0) is 18.4. The van der Waals surface area contributed by atoms with Crippen molar-refractivity contribution in [3.63, 3.8) is 0 Å². The van der Waals surface area contributed by atoms with Crippen LogP contribution in [0.4, 0.5) is 4.79 Å². The average molecular weight is 365 g/mol. The lowest BCUT2D eigenvalue weighted by atomic mass is 9.97. The predicted molar refractivity (Wildman–Crippen MR) is 101 cm³/mol. The number of aromatic nitrogens is 1. The molecule has 0 bridgehead atoms. The maximum atomic E-state index is 12.4. The van der Waals surface area contributed by atoms with E-state index < -0.39 is 0 Å². The van der Waals surface area contributed by atoms with Crippen LogP contribution in [0.15, 0.2) is 23.4 Å². The third-order valence-electron chi connectivity index (χ3n) is 4.14. The summed E-state index contributed by atoms with van der Waals surface area (Å²) in [5, 5.41) is 6.75. The molecule has 1 aromatic rings. The summed E-state index contributed by atoms with van der Waals surface area (Å²) in [6, 6.07) is 3.57. The van der Waals surface area contributed by atoms with Gasteiger partial charge in [0.05, 0.1) is 5.56 Å². The number of nitrogens with zero attached hydrogens (tertiary/aromatic N) is 2. The Morgan fingerprint density at radius 2 is 2.00 bits per heavy atom. The van der Waals surface area contributed by atoms with Crippen LogP contribution in [0.1, 0.15) is 44.0 Å². The highest BCUT2D eigenvalue weighted by molar-refractivity contribution is 7.98. The third-order valence-corrected chi connectivity index (χ3v) is 4.86. The second-order valence-corrected chi connectivity index (χ2v) is 8.18. The van der Waals surface area contributed by atoms with Crippen molar-refractivity contribution in [3.8, 4) is 0 Å². The molecule has 1 fully saturated rings. The van der Waals surface area contributed by atoms with Crippen molar-refractivity contribution < 1.29 is 9.59 Å². The van der Waals surface area contributed by atoms with Crippen molar-refractivity contribution in [2.75, 3.05) is 25.9 Å². The molecule has 2 heterocycles. The molecule has 0 atom stereocenters. The van der Waals surface area contributed by atoms with Crippen molar-refractivity contribution in [1.29, 1.82) is 0 Å². The first-order valence-electron chi connectivity index (χ1n) is 8.64. The fraction of sp³-hybridized carbons (Fsp3) is 0.611. The molecule has 0 aromatic carbocycles. The first-order chi connectivity index (χ1) is 11.8. The molecule has 0 spiro atoms. The van der Waals surface area contributed by atoms with Gasteiger partial charge in [0.1, 0.15) is 5.03 Å². The minimum atomic E-state index is -0.222. The smallest absolute Gasteiger partial charge is 0.317 e. The third kappa shape index (κ3) is 5.92. The maximum absolute atomic E-state index is 12.4. The van der Waals surface area contributed by atoms with Gasteiger partial charge in [0.15, 0.2) is 0 Å². The molecule has 2 N–H and O–H groups in total. The van der Waals surface area contributed by atoms with E-state index in [4.69, 9.17) is 0 Å². The van der Waals surface area contributed by atoms with Crippen LogP contribution in [0.3, 0.4) is 0 Å². The van der Waals surface area contributed by atoms with E-state index in [0.717, 1.165) is 31.0 Å². The van der Waals surface area contributed by atoms with E-state index >= 15 is 0 Å². The van der Waals surface area contributed by atoms with Crippen LogP contribution in [0.25, 0.3) is 0 Å². The topological polar surface area (TPSA) is 74.3 Å². The lowest BCUT2D eigenvalue weighted by molar-refractivity contribution is 0.0933. The number of hydrogen-bond donors (Lipinski definition) is 2. The molecular formula is C18H28N4O2S. The molecule has 0 aliphatic carbocycles. The predicted octanol–water partition coefficient (Wildman–Crippen LogP) is 2.75. The van der Waals surface area contributed by atoms with Crippen LogP contribution >= 0.6 is 11.8 Å². The van der Waals surface area contributed by atoms with Crippen LogP contribution in [0, 0.1) is 5.92 Å². The summed E-state index contributed by atoms with van der Waals surface area (Å²) in [7, 11) is 0. The van der Waals surface area contributed by atoms with Crippen LogP contribution in [0.2, 0.25) is 0 Å². The molecule has 3 amide bonds. The number of piperidine rings is 1. The molecule has 138 valence electrons. The lowest BCUT2D eigenvalue weighted by Crippen LogP contribution is -2.51. The van der Waals surface area contributed by atoms with Gasteiger partial charge in [0.2, 0.25) is 0 Å². The Balaban J connectivity index is 1.79. The van der Waals surface area contributed by atoms with E-state index in [1.807, 2.05) is 31.9 Å². The van der Waals surface area contributed by atoms with Crippen molar-refractivity contribution in [2.45, 2.75) is 44.2 Å². The van der Waals surface area contributed by atoms with Gasteiger partial charge in [-0.25, -0.2) is 9.78 Å². The Labute approximate surface area is 154 Å². The van der Waals surface area contributed by atoms with Crippen LogP contribution in [-0.4, -0.2) is 53.3 Å². The molecule has 6 nitrogen and oxygen atoms in total. The summed E-state index contributed by atoms with van der Waals surface area (Å²) in [6.45, 7) is 8.03. The highest BCUT2D eigenvalue weighted by Gasteiger charge is 2.25. The Kier molecular flexibility index (Phi) is 6.70. The van der Waals surface area contributed by atoms with Gasteiger partial charge in [-0.2, -0.15) is 0 Å². The van der Waals surface area contributed by atoms with Crippen LogP contribution < -0.4 is 10.6 Å². The van der Waals surface area contributed by atoms with Gasteiger partial charge in [-0.3, -0.25) is 4.79 Å². The lowest BCUT2D eigenvalue weighted by Gasteiger charge is -2.34. The van der Waals surface area contributed by atoms with Gasteiger partial charge in [0.25, 0.3) is 5.91 Å². The standard InChI is InChI=1S/C18H28N4O2S/c1-18(2,3)21-17(24)22-10-7-13(8-11-22)12-20-15(23)14-6-5-9-19-16(14)25-4/h5-6,9,13H,7-8,10-12H2,1-4H3,(H,20,23)(H,21,24). The number of amides is 3. The van der Waals surface area contributed by atoms with E-state index in [2.05, 4.69) is 15.6 Å². The largest absolute Gasteiger partial charge is 0.352 e. The molecule has 2 rings (SSSR count). The SMILES string of the molecule is CSc1ncccc1C(=O)NCC1CCN(C(=O)NC(C)(C)C)CC1. The highest BCUT2D eigenvalue weighted by atomic mass is 32.2. The number of hydrogen-bond acceptors (Lipinski definition) is 4. The first-order valence-corrected chi connectivity index (χ1v) is 9.87. The number of likely N-dealkylation sites (tertiary alicyclic amines) is 1. The Hall–Kier alpha value is -1.76. The molecule has 0 radical (unpaired) electrons. The minimum absolute atomic E-state index is 0.00467. The Morgan fingerprint density at radius 3 is 2.60 bits per heavy atom. The quantitative estimate of drug-likeness (QED) is 0.806. The van der Waals surface area contributed by atoms with E-state index in [1.54, 1.807) is 18.3 Å². The van der Waals surface area contributed by atoms with Crippen LogP contribution in [0.5, 0.6) is 0 Å². The number of carbonyl (C=O) groups excluding carboxylic acids is 2. The second-order valence-electron chi connectivity index (χ2n) is 7.38. The first kappa shape index (κ1) is 19.6. The fourth-order valence-electron chi connectivity index (χ4n) is 2.80. The second kappa shape index (κ2) is 8.56. The Bertz CT molecular complexity index is 607. The molecular weight excluding hydrogens is 336 g/mol. The highest BCUT2D eigenvalue weighted by Crippen LogP contribution is 2.19. The molecule has 25 heavy (non-hydrogen) atoms. The number of carbonyl (C=O) groups is 2. The number of thioether (sulfide) groups is 1. The molecule has 1 aliphatic rings. The van der Waals surface area contributed by atoms with Crippen molar-refractivity contribution >= 4 is 23.7 Å². The number of urea groups is 1. The maximum Gasteiger partial charge on any atom is 0.317 e. The summed E-state index contributed by atoms with van der Waals surface area (Å²) in [5.41, 5.74) is 0.401. The van der Waals surface area contributed by atoms with Gasteiger partial charge >= 0.3 is 6.03 Å². The van der Waals surface area contributed by atoms with Gasteiger partial charge in [-0.05, 0) is 57.9 Å². The van der Waals surface area contributed by atoms with Crippen molar-refractivity contribution in [3.05, 3.63) is 23.9 Å². The summed E-state index contributed by atoms with van der Waals surface area (Å²) < 4.78 is 0. The Morgan fingerprint density at radius 1 is 1.32 bits per heavy atom. The fourth-order valence-corrected chi connectivity index (χ4v) is 3.35. The van der Waals surface area contributed by atoms with Crippen molar-refractivity contribution in [1.82, 2.24) is 20.5 Å². The zero-order valence-corrected chi connectivity index (χ0v) is 16.3. The zero-order valence-electron chi connectivity index (χ0n) is 15.5. The van der Waals surface area contributed by atoms with E-state index in [9.17, 15) is 9.59 Å². The van der Waals surface area contributed by atoms with Gasteiger partial charge < -0.3 is 15.5 Å². The van der Waals surface area contributed by atoms with Gasteiger partial charge in [-0.15, -0.1) is 11.8 Å². The normalized spacial score (nSPS) is 15.8. The summed E-state index contributed by atoms with van der Waals surface area (Å²) in [5.74, 6) is 0.322. The van der Waals surface area contributed by atoms with Crippen LogP contribution in [-0.2, 0) is 0 Å². The summed E-state index contributed by atoms with van der Waals surface area (Å²) in [4.78, 5) is 30.6. The van der Waals surface area contributed by atoms with Gasteiger partial charge in [0, 0.05) is 31.4 Å². The van der Waals surface area contributed by atoms with Gasteiger partial charge in [-0.1, -0.05) is 0 Å². The van der Waals surface area contributed by atoms with Crippen molar-refractivity contribution in [2.24, 2.45) is 5.92 Å². The average Bonchev–Trinajstić information content (AvgIpc) is 2.58. The molecule has 1 aromatic heterocycles. The molecule has 1 aliphatic heterocycles. The monoisotopic (exact) mass is 364 g/mol. The molecule has 0 unspecified atom stereocenters. The summed E-state index contributed by atoms with van der Waals surface area (Å²) >= 11 is 1.47. The van der Waals surface area contributed by atoms with E-state index in [0.29, 0.717) is 18.0 Å². The number of pyridine rings is 1. The number of rotatable bonds is 4. The van der Waals surface area contributed by atoms with E-state index in [1.165, 1.54) is 11.8 Å². The molecule has 7 heteroatoms.